The molecule has 0 bridgehead atoms. The van der Waals surface area contributed by atoms with Crippen LogP contribution in [0.3, 0.4) is 0 Å². The van der Waals surface area contributed by atoms with Gasteiger partial charge in [0.1, 0.15) is 0 Å². The average Bonchev–Trinajstić information content (AvgIpc) is 2.43. The fourth-order valence-electron chi connectivity index (χ4n) is 2.60. The van der Waals surface area contributed by atoms with Crippen LogP contribution in [0.2, 0.25) is 10.0 Å². The largest absolute Gasteiger partial charge is 0.311 e. The molecule has 106 valence electrons. The summed E-state index contributed by atoms with van der Waals surface area (Å²) in [5.74, 6) is 0. The third-order valence-corrected chi connectivity index (χ3v) is 4.53. The van der Waals surface area contributed by atoms with Crippen LogP contribution in [-0.4, -0.2) is 30.6 Å². The van der Waals surface area contributed by atoms with Crippen LogP contribution in [-0.2, 0) is 6.54 Å². The van der Waals surface area contributed by atoms with Crippen molar-refractivity contribution in [3.8, 4) is 0 Å². The molecule has 1 fully saturated rings. The second-order valence-electron chi connectivity index (χ2n) is 5.28. The monoisotopic (exact) mass is 300 g/mol. The first-order chi connectivity index (χ1) is 9.18. The van der Waals surface area contributed by atoms with Gasteiger partial charge in [0, 0.05) is 34.7 Å². The minimum Gasteiger partial charge on any atom is -0.311 e. The van der Waals surface area contributed by atoms with Gasteiger partial charge in [-0.25, -0.2) is 0 Å². The maximum atomic E-state index is 6.16. The molecule has 0 saturated carbocycles. The zero-order valence-corrected chi connectivity index (χ0v) is 13.0. The molecule has 19 heavy (non-hydrogen) atoms. The Hall–Kier alpha value is -0.280. The first-order valence-electron chi connectivity index (χ1n) is 7.06. The topological polar surface area (TPSA) is 15.3 Å². The molecular weight excluding hydrogens is 279 g/mol. The first-order valence-corrected chi connectivity index (χ1v) is 7.81. The molecule has 1 aromatic carbocycles. The molecule has 2 nitrogen and oxygen atoms in total. The highest BCUT2D eigenvalue weighted by molar-refractivity contribution is 6.35. The van der Waals surface area contributed by atoms with Crippen molar-refractivity contribution in [1.82, 2.24) is 10.2 Å². The van der Waals surface area contributed by atoms with Gasteiger partial charge in [-0.1, -0.05) is 35.7 Å². The molecule has 1 N–H and O–H groups in total. The van der Waals surface area contributed by atoms with Gasteiger partial charge >= 0.3 is 0 Å². The number of benzene rings is 1. The van der Waals surface area contributed by atoms with Crippen LogP contribution in [0.25, 0.3) is 0 Å². The Morgan fingerprint density at radius 2 is 1.79 bits per heavy atom. The van der Waals surface area contributed by atoms with E-state index < -0.39 is 0 Å². The minimum atomic E-state index is 0.571. The molecule has 0 spiro atoms. The highest BCUT2D eigenvalue weighted by atomic mass is 35.5. The van der Waals surface area contributed by atoms with Gasteiger partial charge in [-0.3, -0.25) is 4.90 Å². The quantitative estimate of drug-likeness (QED) is 0.885. The van der Waals surface area contributed by atoms with Gasteiger partial charge in [0.15, 0.2) is 0 Å². The van der Waals surface area contributed by atoms with E-state index in [1.54, 1.807) is 0 Å². The summed E-state index contributed by atoms with van der Waals surface area (Å²) in [4.78, 5) is 2.56. The summed E-state index contributed by atoms with van der Waals surface area (Å²) in [5.41, 5.74) is 0.997. The predicted molar refractivity (Wildman–Crippen MR) is 83.1 cm³/mol. The van der Waals surface area contributed by atoms with Crippen molar-refractivity contribution < 1.29 is 0 Å². The number of hydrogen-bond acceptors (Lipinski definition) is 2. The van der Waals surface area contributed by atoms with E-state index in [1.165, 1.54) is 32.4 Å². The average molecular weight is 301 g/mol. The third kappa shape index (κ3) is 4.35. The Labute approximate surface area is 126 Å². The molecule has 0 amide bonds. The molecule has 0 aliphatic carbocycles. The summed E-state index contributed by atoms with van der Waals surface area (Å²) in [6, 6.07) is 6.23. The Balaban J connectivity index is 1.79. The van der Waals surface area contributed by atoms with Crippen LogP contribution in [0.15, 0.2) is 18.2 Å². The lowest BCUT2D eigenvalue weighted by atomic mass is 10.1. The lowest BCUT2D eigenvalue weighted by Crippen LogP contribution is -2.43. The Morgan fingerprint density at radius 1 is 1.16 bits per heavy atom. The van der Waals surface area contributed by atoms with Gasteiger partial charge < -0.3 is 5.32 Å². The van der Waals surface area contributed by atoms with Crippen LogP contribution < -0.4 is 5.32 Å². The highest BCUT2D eigenvalue weighted by Crippen LogP contribution is 2.23. The van der Waals surface area contributed by atoms with E-state index in [-0.39, 0.29) is 0 Å². The van der Waals surface area contributed by atoms with Gasteiger partial charge in [-0.2, -0.15) is 0 Å². The number of nitrogens with zero attached hydrogens (tertiary/aromatic N) is 1. The van der Waals surface area contributed by atoms with Gasteiger partial charge in [0.05, 0.1) is 0 Å². The maximum Gasteiger partial charge on any atom is 0.0465 e. The van der Waals surface area contributed by atoms with Gasteiger partial charge in [-0.15, -0.1) is 0 Å². The molecule has 1 aliphatic heterocycles. The van der Waals surface area contributed by atoms with Crippen molar-refractivity contribution >= 4 is 23.2 Å². The summed E-state index contributed by atoms with van der Waals surface area (Å²) in [5, 5.41) is 4.95. The molecule has 4 heteroatoms. The molecule has 0 radical (unpaired) electrons. The van der Waals surface area contributed by atoms with E-state index in [4.69, 9.17) is 23.2 Å². The SMILES string of the molecule is CC(CNCc1c(Cl)cccc1Cl)N1CCCCC1. The van der Waals surface area contributed by atoms with Crippen molar-refractivity contribution in [3.05, 3.63) is 33.8 Å². The second-order valence-corrected chi connectivity index (χ2v) is 6.09. The Morgan fingerprint density at radius 3 is 2.42 bits per heavy atom. The Bertz CT molecular complexity index is 383. The van der Waals surface area contributed by atoms with Crippen LogP contribution >= 0.6 is 23.2 Å². The van der Waals surface area contributed by atoms with E-state index in [0.29, 0.717) is 6.04 Å². The number of rotatable bonds is 5. The van der Waals surface area contributed by atoms with E-state index in [0.717, 1.165) is 28.7 Å². The molecule has 1 atom stereocenters. The van der Waals surface area contributed by atoms with Crippen molar-refractivity contribution in [3.63, 3.8) is 0 Å². The van der Waals surface area contributed by atoms with Crippen molar-refractivity contribution in [2.24, 2.45) is 0 Å². The highest BCUT2D eigenvalue weighted by Gasteiger charge is 2.16. The number of nitrogens with one attached hydrogen (secondary N) is 1. The van der Waals surface area contributed by atoms with Gasteiger partial charge in [0.2, 0.25) is 0 Å². The summed E-state index contributed by atoms with van der Waals surface area (Å²) in [6.45, 7) is 6.45. The van der Waals surface area contributed by atoms with E-state index in [9.17, 15) is 0 Å². The van der Waals surface area contributed by atoms with E-state index in [2.05, 4.69) is 17.1 Å². The Kier molecular flexibility index (Phi) is 5.96. The summed E-state index contributed by atoms with van der Waals surface area (Å²) >= 11 is 12.3. The number of likely N-dealkylation sites (tertiary alicyclic amines) is 1. The normalized spacial score (nSPS) is 18.5. The summed E-state index contributed by atoms with van der Waals surface area (Å²) < 4.78 is 0. The predicted octanol–water partition coefficient (Wildman–Crippen LogP) is 3.96. The molecule has 1 aromatic rings. The maximum absolute atomic E-state index is 6.16. The third-order valence-electron chi connectivity index (χ3n) is 3.82. The molecule has 1 unspecified atom stereocenters. The molecule has 1 aliphatic rings. The first kappa shape index (κ1) is 15.1. The van der Waals surface area contributed by atoms with Crippen molar-refractivity contribution in [2.75, 3.05) is 19.6 Å². The van der Waals surface area contributed by atoms with Gasteiger partial charge in [0.25, 0.3) is 0 Å². The van der Waals surface area contributed by atoms with Crippen molar-refractivity contribution in [2.45, 2.75) is 38.8 Å². The van der Waals surface area contributed by atoms with Crippen LogP contribution in [0.1, 0.15) is 31.7 Å². The second kappa shape index (κ2) is 7.49. The number of halogens is 2. The number of hydrogen-bond donors (Lipinski definition) is 1. The fourth-order valence-corrected chi connectivity index (χ4v) is 3.13. The molecule has 1 heterocycles. The smallest absolute Gasteiger partial charge is 0.0465 e. The molecule has 0 aromatic heterocycles. The fraction of sp³-hybridized carbons (Fsp3) is 0.600. The van der Waals surface area contributed by atoms with Gasteiger partial charge in [-0.05, 0) is 45.0 Å². The van der Waals surface area contributed by atoms with E-state index in [1.807, 2.05) is 18.2 Å². The van der Waals surface area contributed by atoms with Crippen LogP contribution in [0.5, 0.6) is 0 Å². The summed E-state index contributed by atoms with van der Waals surface area (Å²) in [7, 11) is 0. The van der Waals surface area contributed by atoms with Crippen molar-refractivity contribution in [1.29, 1.82) is 0 Å². The van der Waals surface area contributed by atoms with E-state index >= 15 is 0 Å². The lowest BCUT2D eigenvalue weighted by Gasteiger charge is -2.32. The molecule has 1 saturated heterocycles. The lowest BCUT2D eigenvalue weighted by molar-refractivity contribution is 0.170. The zero-order valence-electron chi connectivity index (χ0n) is 11.5. The summed E-state index contributed by atoms with van der Waals surface area (Å²) in [6.07, 6.45) is 4.05. The van der Waals surface area contributed by atoms with Crippen LogP contribution in [0, 0.1) is 0 Å². The zero-order chi connectivity index (χ0) is 13.7. The minimum absolute atomic E-state index is 0.571. The molecule has 2 rings (SSSR count). The number of piperidine rings is 1. The molecular formula is C15H22Cl2N2. The van der Waals surface area contributed by atoms with Crippen LogP contribution in [0.4, 0.5) is 0 Å². The standard InChI is InChI=1S/C15H22Cl2N2/c1-12(19-8-3-2-4-9-19)10-18-11-13-14(16)6-5-7-15(13)17/h5-7,12,18H,2-4,8-11H2,1H3.